The zero-order valence-corrected chi connectivity index (χ0v) is 21.3. The van der Waals surface area contributed by atoms with Gasteiger partial charge in [0.2, 0.25) is 0 Å². The highest BCUT2D eigenvalue weighted by Gasteiger charge is 2.32. The first-order chi connectivity index (χ1) is 17.2. The van der Waals surface area contributed by atoms with E-state index in [4.69, 9.17) is 11.1 Å². The lowest BCUT2D eigenvalue weighted by molar-refractivity contribution is 0.145. The number of unbranched alkanes of at least 4 members (excludes halogenated alkanes) is 1. The molecule has 4 rings (SSSR count). The molecule has 1 unspecified atom stereocenters. The molecule has 2 aromatic heterocycles. The van der Waals surface area contributed by atoms with Crippen LogP contribution in [0.25, 0.3) is 11.1 Å². The Morgan fingerprint density at radius 1 is 1.36 bits per heavy atom. The highest BCUT2D eigenvalue weighted by Crippen LogP contribution is 2.29. The molecule has 0 fully saturated rings. The number of nitrogens with two attached hydrogens (primary N) is 1. The topological polar surface area (TPSA) is 113 Å². The van der Waals surface area contributed by atoms with E-state index in [0.29, 0.717) is 12.1 Å². The third-order valence-corrected chi connectivity index (χ3v) is 6.54. The highest BCUT2D eigenvalue weighted by molar-refractivity contribution is 6.08. The maximum atomic E-state index is 13.1. The second kappa shape index (κ2) is 12.1. The summed E-state index contributed by atoms with van der Waals surface area (Å²) >= 11 is 0. The molecule has 0 spiro atoms. The van der Waals surface area contributed by atoms with Crippen molar-refractivity contribution in [2.75, 3.05) is 18.5 Å². The van der Waals surface area contributed by atoms with Crippen LogP contribution in [0.2, 0.25) is 0 Å². The number of hydrogen-bond donors (Lipinski definition) is 3. The van der Waals surface area contributed by atoms with Crippen LogP contribution in [0, 0.1) is 5.41 Å². The van der Waals surface area contributed by atoms with Gasteiger partial charge in [-0.05, 0) is 62.1 Å². The summed E-state index contributed by atoms with van der Waals surface area (Å²) in [5.74, 6) is 0.224. The normalized spacial score (nSPS) is 17.7. The van der Waals surface area contributed by atoms with Crippen LogP contribution in [-0.2, 0) is 13.0 Å². The zero-order valence-electron chi connectivity index (χ0n) is 21.3. The fourth-order valence-corrected chi connectivity index (χ4v) is 4.31. The Morgan fingerprint density at radius 2 is 2.11 bits per heavy atom. The first-order valence-corrected chi connectivity index (χ1v) is 12.2. The van der Waals surface area contributed by atoms with Crippen LogP contribution in [-0.4, -0.2) is 45.0 Å². The van der Waals surface area contributed by atoms with E-state index in [-0.39, 0.29) is 12.0 Å². The summed E-state index contributed by atoms with van der Waals surface area (Å²) < 4.78 is 27.5. The van der Waals surface area contributed by atoms with E-state index in [0.717, 1.165) is 53.5 Å². The average Bonchev–Trinajstić information content (AvgIpc) is 2.87. The summed E-state index contributed by atoms with van der Waals surface area (Å²) in [7, 11) is 0. The van der Waals surface area contributed by atoms with Crippen molar-refractivity contribution < 1.29 is 8.78 Å². The molecule has 0 saturated heterocycles. The van der Waals surface area contributed by atoms with Crippen molar-refractivity contribution >= 4 is 17.4 Å². The van der Waals surface area contributed by atoms with Gasteiger partial charge in [-0.1, -0.05) is 19.4 Å². The Balaban J connectivity index is 0.000000658. The van der Waals surface area contributed by atoms with Gasteiger partial charge in [0.15, 0.2) is 5.82 Å². The third-order valence-electron chi connectivity index (χ3n) is 6.54. The molecule has 0 aromatic carbocycles. The van der Waals surface area contributed by atoms with Gasteiger partial charge in [-0.25, -0.2) is 18.4 Å². The second-order valence-corrected chi connectivity index (χ2v) is 8.90. The molecule has 0 amide bonds. The SMILES string of the molecule is C/C=C(\C=N)c1cnc2c(c1)CN(C1Nn3c(nc(C(F)F)cc3=O)C(C)=C1C)CC2.CCCCN. The number of hydrogen-bond acceptors (Lipinski definition) is 7. The van der Waals surface area contributed by atoms with Crippen molar-refractivity contribution in [3.63, 3.8) is 0 Å². The van der Waals surface area contributed by atoms with Gasteiger partial charge in [0.1, 0.15) is 11.9 Å². The maximum absolute atomic E-state index is 13.1. The Morgan fingerprint density at radius 3 is 2.69 bits per heavy atom. The van der Waals surface area contributed by atoms with Gasteiger partial charge >= 0.3 is 0 Å². The fraction of sp³-hybridized carbons (Fsp3) is 0.462. The Labute approximate surface area is 210 Å². The second-order valence-electron chi connectivity index (χ2n) is 8.90. The number of pyridine rings is 1. The van der Waals surface area contributed by atoms with Crippen molar-refractivity contribution in [3.05, 3.63) is 68.7 Å². The lowest BCUT2D eigenvalue weighted by atomic mass is 9.98. The molecule has 0 saturated carbocycles. The minimum absolute atomic E-state index is 0.224. The smallest absolute Gasteiger partial charge is 0.280 e. The summed E-state index contributed by atoms with van der Waals surface area (Å²) in [5.41, 5.74) is 12.7. The van der Waals surface area contributed by atoms with Crippen LogP contribution < -0.4 is 16.7 Å². The fourth-order valence-electron chi connectivity index (χ4n) is 4.31. The molecule has 0 radical (unpaired) electrons. The van der Waals surface area contributed by atoms with Crippen molar-refractivity contribution in [2.45, 2.75) is 66.1 Å². The van der Waals surface area contributed by atoms with Crippen LogP contribution >= 0.6 is 0 Å². The van der Waals surface area contributed by atoms with Gasteiger partial charge in [0.25, 0.3) is 12.0 Å². The molecule has 8 nitrogen and oxygen atoms in total. The number of nitrogens with one attached hydrogen (secondary N) is 2. The molecule has 36 heavy (non-hydrogen) atoms. The quantitative estimate of drug-likeness (QED) is 0.516. The number of nitrogens with zero attached hydrogens (tertiary/aromatic N) is 4. The Bertz CT molecular complexity index is 1220. The lowest BCUT2D eigenvalue weighted by Crippen LogP contribution is -2.52. The van der Waals surface area contributed by atoms with Crippen molar-refractivity contribution in [1.29, 1.82) is 5.41 Å². The molecule has 4 N–H and O–H groups in total. The summed E-state index contributed by atoms with van der Waals surface area (Å²) in [4.78, 5) is 23.3. The predicted octanol–water partition coefficient (Wildman–Crippen LogP) is 4.11. The minimum atomic E-state index is -2.80. The van der Waals surface area contributed by atoms with Gasteiger partial charge in [-0.3, -0.25) is 20.1 Å². The van der Waals surface area contributed by atoms with Gasteiger partial charge < -0.3 is 11.1 Å². The van der Waals surface area contributed by atoms with Crippen LogP contribution in [0.15, 0.2) is 34.8 Å². The van der Waals surface area contributed by atoms with E-state index in [1.165, 1.54) is 23.7 Å². The van der Waals surface area contributed by atoms with E-state index in [1.54, 1.807) is 13.1 Å². The van der Waals surface area contributed by atoms with Gasteiger partial charge in [0.05, 0.1) is 0 Å². The molecule has 2 aromatic rings. The Hall–Kier alpha value is -3.24. The highest BCUT2D eigenvalue weighted by atomic mass is 19.3. The van der Waals surface area contributed by atoms with Crippen molar-refractivity contribution in [3.8, 4) is 0 Å². The molecular formula is C26H35F2N7O. The first-order valence-electron chi connectivity index (χ1n) is 12.2. The molecule has 1 atom stereocenters. The Kier molecular flexibility index (Phi) is 9.22. The van der Waals surface area contributed by atoms with Crippen LogP contribution in [0.3, 0.4) is 0 Å². The molecule has 2 aliphatic heterocycles. The number of allylic oxidation sites excluding steroid dienone is 3. The van der Waals surface area contributed by atoms with E-state index >= 15 is 0 Å². The number of alkyl halides is 2. The molecule has 10 heteroatoms. The number of fused-ring (bicyclic) bond motifs is 2. The van der Waals surface area contributed by atoms with Crippen LogP contribution in [0.5, 0.6) is 0 Å². The summed E-state index contributed by atoms with van der Waals surface area (Å²) in [5, 5.41) is 7.58. The molecule has 194 valence electrons. The van der Waals surface area contributed by atoms with E-state index in [1.807, 2.05) is 19.9 Å². The van der Waals surface area contributed by atoms with Crippen molar-refractivity contribution in [1.82, 2.24) is 19.5 Å². The van der Waals surface area contributed by atoms with E-state index in [2.05, 4.69) is 33.3 Å². The summed E-state index contributed by atoms with van der Waals surface area (Å²) in [6.45, 7) is 9.93. The molecule has 2 aliphatic rings. The van der Waals surface area contributed by atoms with Gasteiger partial charge in [-0.2, -0.15) is 0 Å². The largest absolute Gasteiger partial charge is 0.330 e. The summed E-state index contributed by atoms with van der Waals surface area (Å²) in [6, 6.07) is 2.93. The van der Waals surface area contributed by atoms with Gasteiger partial charge in [-0.15, -0.1) is 0 Å². The molecule has 0 aliphatic carbocycles. The molecule has 0 bridgehead atoms. The van der Waals surface area contributed by atoms with Crippen LogP contribution in [0.4, 0.5) is 8.78 Å². The minimum Gasteiger partial charge on any atom is -0.330 e. The van der Waals surface area contributed by atoms with Crippen LogP contribution in [0.1, 0.15) is 75.3 Å². The van der Waals surface area contributed by atoms with Gasteiger partial charge in [0, 0.05) is 49.2 Å². The molecular weight excluding hydrogens is 464 g/mol. The standard InChI is InChI=1S/C22H24F2N6O.C4H11N/c1-4-14(9-25)15-7-16-11-29(6-5-17(16)26-10-15)22-13(3)12(2)21-27-18(20(23)24)8-19(31)30(21)28-22;1-2-3-4-5/h4,7-10,20,22,25,28H,5-6,11H2,1-3H3;2-5H2,1H3/b14-4+,25-9?;. The lowest BCUT2D eigenvalue weighted by Gasteiger charge is -2.40. The average molecular weight is 500 g/mol. The van der Waals surface area contributed by atoms with E-state index in [9.17, 15) is 13.6 Å². The van der Waals surface area contributed by atoms with Crippen molar-refractivity contribution in [2.24, 2.45) is 5.73 Å². The third kappa shape index (κ3) is 5.76. The summed E-state index contributed by atoms with van der Waals surface area (Å²) in [6.07, 6.45) is 5.05. The maximum Gasteiger partial charge on any atom is 0.280 e. The van der Waals surface area contributed by atoms with E-state index < -0.39 is 17.7 Å². The molecule has 4 heterocycles. The number of halogens is 2. The zero-order chi connectivity index (χ0) is 26.4. The monoisotopic (exact) mass is 499 g/mol. The first kappa shape index (κ1) is 27.3. The number of aromatic nitrogens is 3. The number of rotatable bonds is 6. The predicted molar refractivity (Wildman–Crippen MR) is 140 cm³/mol.